The number of carbonyl (C=O) groups is 1. The molecule has 1 aromatic carbocycles. The Labute approximate surface area is 206 Å². The van der Waals surface area contributed by atoms with E-state index in [-0.39, 0.29) is 22.6 Å². The van der Waals surface area contributed by atoms with Crippen molar-refractivity contribution in [2.75, 3.05) is 4.72 Å². The molecular formula is C25H27F3N4O3S. The van der Waals surface area contributed by atoms with Crippen LogP contribution in [0, 0.1) is 0 Å². The minimum atomic E-state index is -4.62. The number of alkyl halides is 3. The number of halogens is 3. The van der Waals surface area contributed by atoms with E-state index >= 15 is 0 Å². The summed E-state index contributed by atoms with van der Waals surface area (Å²) in [5, 5.41) is 0.0596. The quantitative estimate of drug-likeness (QED) is 0.440. The predicted octanol–water partition coefficient (Wildman–Crippen LogP) is 5.62. The number of fused-ring (bicyclic) bond motifs is 1. The smallest absolute Gasteiger partial charge is 0.366 e. The van der Waals surface area contributed by atoms with Crippen LogP contribution in [0.1, 0.15) is 73.8 Å². The fourth-order valence-corrected chi connectivity index (χ4v) is 6.32. The van der Waals surface area contributed by atoms with E-state index in [1.807, 2.05) is 4.57 Å². The molecule has 11 heteroatoms. The van der Waals surface area contributed by atoms with Crippen LogP contribution < -0.4 is 10.5 Å². The lowest BCUT2D eigenvalue weighted by Crippen LogP contribution is -2.26. The molecule has 0 atom stereocenters. The van der Waals surface area contributed by atoms with Gasteiger partial charge < -0.3 is 10.3 Å². The number of pyridine rings is 1. The highest BCUT2D eigenvalue weighted by Crippen LogP contribution is 2.44. The number of hydrogen-bond donors (Lipinski definition) is 2. The van der Waals surface area contributed by atoms with E-state index in [1.54, 1.807) is 31.2 Å². The molecule has 3 aromatic rings. The molecule has 0 spiro atoms. The molecule has 5 rings (SSSR count). The zero-order chi connectivity index (χ0) is 25.9. The summed E-state index contributed by atoms with van der Waals surface area (Å²) < 4.78 is 69.3. The van der Waals surface area contributed by atoms with Gasteiger partial charge in [0.1, 0.15) is 5.65 Å². The van der Waals surface area contributed by atoms with Crippen LogP contribution in [0.5, 0.6) is 0 Å². The summed E-state index contributed by atoms with van der Waals surface area (Å²) in [4.78, 5) is 16.8. The lowest BCUT2D eigenvalue weighted by atomic mass is 9.94. The van der Waals surface area contributed by atoms with E-state index in [0.29, 0.717) is 29.8 Å². The lowest BCUT2D eigenvalue weighted by Gasteiger charge is -2.26. The molecule has 7 nitrogen and oxygen atoms in total. The molecule has 2 aliphatic carbocycles. The first-order chi connectivity index (χ1) is 16.9. The topological polar surface area (TPSA) is 107 Å². The second-order valence-corrected chi connectivity index (χ2v) is 12.2. The van der Waals surface area contributed by atoms with E-state index in [4.69, 9.17) is 5.73 Å². The molecule has 0 aliphatic heterocycles. The number of sulfonamides is 1. The van der Waals surface area contributed by atoms with Crippen LogP contribution in [0.25, 0.3) is 22.3 Å². The fourth-order valence-electron chi connectivity index (χ4n) is 4.99. The number of nitrogens with two attached hydrogens (primary N) is 1. The second kappa shape index (κ2) is 8.50. The van der Waals surface area contributed by atoms with Gasteiger partial charge in [-0.15, -0.1) is 0 Å². The Hall–Kier alpha value is -3.08. The maximum atomic E-state index is 13.5. The number of benzene rings is 1. The van der Waals surface area contributed by atoms with Crippen molar-refractivity contribution < 1.29 is 26.4 Å². The molecule has 192 valence electrons. The third-order valence-corrected chi connectivity index (χ3v) is 9.58. The Morgan fingerprint density at radius 1 is 1.14 bits per heavy atom. The van der Waals surface area contributed by atoms with Crippen molar-refractivity contribution in [3.8, 4) is 11.3 Å². The monoisotopic (exact) mass is 520 g/mol. The van der Waals surface area contributed by atoms with Gasteiger partial charge in [0.15, 0.2) is 0 Å². The maximum absolute atomic E-state index is 13.5. The number of primary amides is 1. The summed E-state index contributed by atoms with van der Waals surface area (Å²) in [6.07, 6.45) is 1.92. The van der Waals surface area contributed by atoms with Crippen LogP contribution >= 0.6 is 0 Å². The van der Waals surface area contributed by atoms with E-state index < -0.39 is 32.4 Å². The van der Waals surface area contributed by atoms with Gasteiger partial charge in [0, 0.05) is 23.3 Å². The molecular weight excluding hydrogens is 493 g/mol. The molecule has 3 N–H and O–H groups in total. The highest BCUT2D eigenvalue weighted by Gasteiger charge is 2.50. The van der Waals surface area contributed by atoms with Crippen molar-refractivity contribution in [2.24, 2.45) is 5.73 Å². The number of amides is 1. The molecule has 36 heavy (non-hydrogen) atoms. The van der Waals surface area contributed by atoms with E-state index in [1.165, 1.54) is 0 Å². The first kappa shape index (κ1) is 24.6. The SMILES string of the molecule is CC1(S(=O)(=O)Nc2ccc(-c3c(C(N)=O)c4cc(C(F)(F)F)cnc4n3C3CCCCC3)cc2)CC1. The largest absolute Gasteiger partial charge is 0.417 e. The number of nitrogens with one attached hydrogen (secondary N) is 1. The highest BCUT2D eigenvalue weighted by molar-refractivity contribution is 7.94. The maximum Gasteiger partial charge on any atom is 0.417 e. The molecule has 2 aliphatic rings. The zero-order valence-corrected chi connectivity index (χ0v) is 20.5. The highest BCUT2D eigenvalue weighted by atomic mass is 32.2. The first-order valence-corrected chi connectivity index (χ1v) is 13.4. The van der Waals surface area contributed by atoms with Crippen molar-refractivity contribution in [1.29, 1.82) is 0 Å². The summed E-state index contributed by atoms with van der Waals surface area (Å²) in [6, 6.07) is 7.35. The van der Waals surface area contributed by atoms with E-state index in [2.05, 4.69) is 9.71 Å². The van der Waals surface area contributed by atoms with Gasteiger partial charge in [-0.2, -0.15) is 13.2 Å². The van der Waals surface area contributed by atoms with Crippen LogP contribution in [0.2, 0.25) is 0 Å². The Bertz CT molecular complexity index is 1440. The second-order valence-electron chi connectivity index (χ2n) is 9.98. The first-order valence-electron chi connectivity index (χ1n) is 11.9. The molecule has 0 radical (unpaired) electrons. The number of hydrogen-bond acceptors (Lipinski definition) is 4. The molecule has 0 unspecified atom stereocenters. The summed E-state index contributed by atoms with van der Waals surface area (Å²) in [6.45, 7) is 1.69. The zero-order valence-electron chi connectivity index (χ0n) is 19.7. The average molecular weight is 521 g/mol. The third-order valence-electron chi connectivity index (χ3n) is 7.37. The lowest BCUT2D eigenvalue weighted by molar-refractivity contribution is -0.137. The summed E-state index contributed by atoms with van der Waals surface area (Å²) in [7, 11) is -3.55. The standard InChI is InChI=1S/C25H27F3N4O3S/c1-24(11-12-24)36(34,35)31-17-9-7-15(8-10-17)21-20(22(29)33)19-13-16(25(26,27)28)14-30-23(19)32(21)18-5-3-2-4-6-18/h7-10,13-14,18,31H,2-6,11-12H2,1H3,(H2,29,33). The molecule has 2 heterocycles. The molecule has 2 fully saturated rings. The normalized spacial score (nSPS) is 18.3. The number of nitrogens with zero attached hydrogens (tertiary/aromatic N) is 2. The number of rotatable bonds is 6. The third kappa shape index (κ3) is 4.23. The van der Waals surface area contributed by atoms with Crippen molar-refractivity contribution >= 4 is 32.7 Å². The Morgan fingerprint density at radius 3 is 2.33 bits per heavy atom. The van der Waals surface area contributed by atoms with Crippen molar-refractivity contribution in [1.82, 2.24) is 9.55 Å². The van der Waals surface area contributed by atoms with Crippen molar-refractivity contribution in [3.05, 3.63) is 47.7 Å². The summed E-state index contributed by atoms with van der Waals surface area (Å²) >= 11 is 0. The Kier molecular flexibility index (Phi) is 5.81. The van der Waals surface area contributed by atoms with Gasteiger partial charge in [0.2, 0.25) is 10.0 Å². The summed E-state index contributed by atoms with van der Waals surface area (Å²) in [5.74, 6) is -0.850. The van der Waals surface area contributed by atoms with Crippen LogP contribution in [0.4, 0.5) is 18.9 Å². The van der Waals surface area contributed by atoms with Crippen LogP contribution in [-0.2, 0) is 16.2 Å². The van der Waals surface area contributed by atoms with E-state index in [9.17, 15) is 26.4 Å². The van der Waals surface area contributed by atoms with Crippen LogP contribution in [-0.4, -0.2) is 28.6 Å². The molecule has 2 aromatic heterocycles. The van der Waals surface area contributed by atoms with Gasteiger partial charge in [0.05, 0.1) is 21.6 Å². The van der Waals surface area contributed by atoms with E-state index in [0.717, 1.165) is 44.4 Å². The van der Waals surface area contributed by atoms with Crippen molar-refractivity contribution in [3.63, 3.8) is 0 Å². The number of anilines is 1. The minimum absolute atomic E-state index is 0.0204. The van der Waals surface area contributed by atoms with Gasteiger partial charge in [-0.25, -0.2) is 13.4 Å². The van der Waals surface area contributed by atoms with Gasteiger partial charge in [0.25, 0.3) is 5.91 Å². The van der Waals surface area contributed by atoms with Gasteiger partial charge in [-0.3, -0.25) is 9.52 Å². The van der Waals surface area contributed by atoms with Crippen LogP contribution in [0.15, 0.2) is 36.5 Å². The van der Waals surface area contributed by atoms with Gasteiger partial charge in [-0.1, -0.05) is 31.4 Å². The predicted molar refractivity (Wildman–Crippen MR) is 131 cm³/mol. The Balaban J connectivity index is 1.66. The molecule has 0 saturated heterocycles. The van der Waals surface area contributed by atoms with Crippen molar-refractivity contribution in [2.45, 2.75) is 68.8 Å². The summed E-state index contributed by atoms with van der Waals surface area (Å²) in [5.41, 5.74) is 6.35. The minimum Gasteiger partial charge on any atom is -0.366 e. The Morgan fingerprint density at radius 2 is 1.78 bits per heavy atom. The van der Waals surface area contributed by atoms with Gasteiger partial charge >= 0.3 is 6.18 Å². The van der Waals surface area contributed by atoms with Gasteiger partial charge in [-0.05, 0) is 56.4 Å². The molecule has 2 saturated carbocycles. The number of aromatic nitrogens is 2. The molecule has 1 amide bonds. The fraction of sp³-hybridized carbons (Fsp3) is 0.440. The van der Waals surface area contributed by atoms with Crippen LogP contribution in [0.3, 0.4) is 0 Å². The molecule has 0 bridgehead atoms. The number of carbonyl (C=O) groups excluding carboxylic acids is 1. The average Bonchev–Trinajstić information content (AvgIpc) is 3.49.